The summed E-state index contributed by atoms with van der Waals surface area (Å²) in [5, 5.41) is 2.57. The molecule has 1 N–H and O–H groups in total. The standard InChI is InChI=1S/C18H29NO8/c1-8-24-14(21)12(15(22)25-9-2)10-13(20)26-11-18(6,7)19-16(23)27-17(3,4)5/h10H,8-9,11H2,1-7H3,(H,19,23). The number of amides is 1. The van der Waals surface area contributed by atoms with Gasteiger partial charge in [0.1, 0.15) is 12.2 Å². The minimum Gasteiger partial charge on any atom is -0.462 e. The molecular weight excluding hydrogens is 358 g/mol. The van der Waals surface area contributed by atoms with Crippen molar-refractivity contribution in [3.8, 4) is 0 Å². The van der Waals surface area contributed by atoms with Crippen LogP contribution in [0.15, 0.2) is 11.6 Å². The lowest BCUT2D eigenvalue weighted by Gasteiger charge is -2.28. The van der Waals surface area contributed by atoms with Crippen LogP contribution in [0.25, 0.3) is 0 Å². The fourth-order valence-corrected chi connectivity index (χ4v) is 1.65. The maximum absolute atomic E-state index is 12.0. The first kappa shape index (κ1) is 24.4. The van der Waals surface area contributed by atoms with E-state index in [1.165, 1.54) is 0 Å². The minimum absolute atomic E-state index is 0.0253. The molecule has 0 saturated heterocycles. The van der Waals surface area contributed by atoms with Crippen LogP contribution < -0.4 is 5.32 Å². The van der Waals surface area contributed by atoms with Gasteiger partial charge in [-0.1, -0.05) is 0 Å². The number of hydrogen-bond donors (Lipinski definition) is 1. The zero-order chi connectivity index (χ0) is 21.3. The molecule has 0 rings (SSSR count). The molecule has 27 heavy (non-hydrogen) atoms. The zero-order valence-electron chi connectivity index (χ0n) is 17.0. The van der Waals surface area contributed by atoms with Gasteiger partial charge in [0.25, 0.3) is 0 Å². The van der Waals surface area contributed by atoms with Gasteiger partial charge >= 0.3 is 24.0 Å². The van der Waals surface area contributed by atoms with E-state index in [0.717, 1.165) is 0 Å². The molecule has 0 bridgehead atoms. The molecule has 0 spiro atoms. The molecule has 0 radical (unpaired) electrons. The molecule has 0 aliphatic heterocycles. The summed E-state index contributed by atoms with van der Waals surface area (Å²) in [6, 6.07) is 0. The van der Waals surface area contributed by atoms with Crippen molar-refractivity contribution in [2.45, 2.75) is 59.6 Å². The van der Waals surface area contributed by atoms with Gasteiger partial charge in [-0.3, -0.25) is 0 Å². The van der Waals surface area contributed by atoms with Gasteiger partial charge in [0.2, 0.25) is 0 Å². The van der Waals surface area contributed by atoms with Gasteiger partial charge in [0.05, 0.1) is 18.8 Å². The van der Waals surface area contributed by atoms with Crippen molar-refractivity contribution in [1.29, 1.82) is 0 Å². The van der Waals surface area contributed by atoms with Crippen LogP contribution in [0.2, 0.25) is 0 Å². The fourth-order valence-electron chi connectivity index (χ4n) is 1.65. The van der Waals surface area contributed by atoms with Crippen molar-refractivity contribution >= 4 is 24.0 Å². The van der Waals surface area contributed by atoms with E-state index < -0.39 is 40.7 Å². The summed E-state index contributed by atoms with van der Waals surface area (Å²) in [5.41, 5.74) is -2.19. The lowest BCUT2D eigenvalue weighted by Crippen LogP contribution is -2.49. The SMILES string of the molecule is CCOC(=O)C(=CC(=O)OCC(C)(C)NC(=O)OC(C)(C)C)C(=O)OCC. The Hall–Kier alpha value is -2.58. The molecule has 0 unspecified atom stereocenters. The van der Waals surface area contributed by atoms with Gasteiger partial charge in [-0.25, -0.2) is 19.2 Å². The Morgan fingerprint density at radius 2 is 1.33 bits per heavy atom. The number of esters is 3. The molecule has 1 amide bonds. The van der Waals surface area contributed by atoms with E-state index in [1.807, 2.05) is 0 Å². The molecular formula is C18H29NO8. The molecule has 9 nitrogen and oxygen atoms in total. The van der Waals surface area contributed by atoms with Crippen molar-refractivity contribution in [2.24, 2.45) is 0 Å². The average molecular weight is 387 g/mol. The largest absolute Gasteiger partial charge is 0.462 e. The van der Waals surface area contributed by atoms with Gasteiger partial charge in [0.15, 0.2) is 5.57 Å². The van der Waals surface area contributed by atoms with Crippen LogP contribution in [0.4, 0.5) is 4.79 Å². The second-order valence-electron chi connectivity index (χ2n) is 7.12. The Bertz CT molecular complexity index is 567. The number of hydrogen-bond acceptors (Lipinski definition) is 8. The van der Waals surface area contributed by atoms with Gasteiger partial charge < -0.3 is 24.3 Å². The van der Waals surface area contributed by atoms with Crippen molar-refractivity contribution in [2.75, 3.05) is 19.8 Å². The van der Waals surface area contributed by atoms with Crippen molar-refractivity contribution in [3.63, 3.8) is 0 Å². The number of alkyl carbamates (subject to hydrolysis) is 1. The lowest BCUT2D eigenvalue weighted by atomic mass is 10.1. The maximum atomic E-state index is 12.0. The van der Waals surface area contributed by atoms with Crippen LogP contribution in [0, 0.1) is 0 Å². The smallest absolute Gasteiger partial charge is 0.408 e. The van der Waals surface area contributed by atoms with Gasteiger partial charge in [-0.15, -0.1) is 0 Å². The molecule has 9 heteroatoms. The third-order valence-electron chi connectivity index (χ3n) is 2.67. The van der Waals surface area contributed by atoms with Gasteiger partial charge in [-0.2, -0.15) is 0 Å². The summed E-state index contributed by atoms with van der Waals surface area (Å²) < 4.78 is 19.6. The zero-order valence-corrected chi connectivity index (χ0v) is 17.0. The highest BCUT2D eigenvalue weighted by Gasteiger charge is 2.27. The van der Waals surface area contributed by atoms with Crippen LogP contribution in [0.5, 0.6) is 0 Å². The average Bonchev–Trinajstić information content (AvgIpc) is 2.48. The van der Waals surface area contributed by atoms with Crippen LogP contribution in [-0.4, -0.2) is 55.0 Å². The number of carbonyl (C=O) groups is 4. The van der Waals surface area contributed by atoms with Crippen molar-refractivity contribution in [3.05, 3.63) is 11.6 Å². The topological polar surface area (TPSA) is 117 Å². The molecule has 0 atom stereocenters. The number of rotatable bonds is 8. The van der Waals surface area contributed by atoms with Crippen LogP contribution in [0.3, 0.4) is 0 Å². The minimum atomic E-state index is -0.987. The molecule has 0 saturated carbocycles. The van der Waals surface area contributed by atoms with Crippen LogP contribution in [-0.2, 0) is 33.3 Å². The van der Waals surface area contributed by atoms with E-state index >= 15 is 0 Å². The van der Waals surface area contributed by atoms with Crippen LogP contribution in [0.1, 0.15) is 48.5 Å². The van der Waals surface area contributed by atoms with Crippen molar-refractivity contribution in [1.82, 2.24) is 5.32 Å². The van der Waals surface area contributed by atoms with E-state index in [9.17, 15) is 19.2 Å². The summed E-state index contributed by atoms with van der Waals surface area (Å²) in [7, 11) is 0. The summed E-state index contributed by atoms with van der Waals surface area (Å²) >= 11 is 0. The van der Waals surface area contributed by atoms with Crippen LogP contribution >= 0.6 is 0 Å². The second kappa shape index (κ2) is 10.5. The molecule has 0 aromatic heterocycles. The Morgan fingerprint density at radius 3 is 1.74 bits per heavy atom. The normalized spacial score (nSPS) is 11.1. The predicted octanol–water partition coefficient (Wildman–Crippen LogP) is 1.89. The Balaban J connectivity index is 4.96. The summed E-state index contributed by atoms with van der Waals surface area (Å²) in [6.07, 6.45) is 0.0392. The monoisotopic (exact) mass is 387 g/mol. The Morgan fingerprint density at radius 1 is 0.852 bits per heavy atom. The third-order valence-corrected chi connectivity index (χ3v) is 2.67. The van der Waals surface area contributed by atoms with Gasteiger partial charge in [0, 0.05) is 6.08 Å². The summed E-state index contributed by atoms with van der Waals surface area (Å²) in [6.45, 7) is 11.3. The summed E-state index contributed by atoms with van der Waals surface area (Å²) in [4.78, 5) is 47.4. The molecule has 0 fully saturated rings. The molecule has 0 heterocycles. The Labute approximate surface area is 159 Å². The highest BCUT2D eigenvalue weighted by Crippen LogP contribution is 2.10. The molecule has 154 valence electrons. The third kappa shape index (κ3) is 10.9. The summed E-state index contributed by atoms with van der Waals surface area (Å²) in [5.74, 6) is -2.93. The number of carbonyl (C=O) groups excluding carboxylic acids is 4. The quantitative estimate of drug-likeness (QED) is 0.221. The number of nitrogens with one attached hydrogen (secondary N) is 1. The first-order valence-corrected chi connectivity index (χ1v) is 8.55. The highest BCUT2D eigenvalue weighted by molar-refractivity contribution is 6.17. The first-order chi connectivity index (χ1) is 12.3. The highest BCUT2D eigenvalue weighted by atomic mass is 16.6. The molecule has 0 aliphatic rings. The van der Waals surface area contributed by atoms with E-state index in [1.54, 1.807) is 48.5 Å². The lowest BCUT2D eigenvalue weighted by molar-refractivity contribution is -0.148. The van der Waals surface area contributed by atoms with E-state index in [2.05, 4.69) is 5.32 Å². The first-order valence-electron chi connectivity index (χ1n) is 8.55. The number of ether oxygens (including phenoxy) is 4. The van der Waals surface area contributed by atoms with E-state index in [4.69, 9.17) is 18.9 Å². The predicted molar refractivity (Wildman–Crippen MR) is 95.8 cm³/mol. The second-order valence-corrected chi connectivity index (χ2v) is 7.12. The Kier molecular flexibility index (Phi) is 9.53. The van der Waals surface area contributed by atoms with E-state index in [0.29, 0.717) is 6.08 Å². The van der Waals surface area contributed by atoms with Crippen molar-refractivity contribution < 1.29 is 38.1 Å². The molecule has 0 aromatic rings. The maximum Gasteiger partial charge on any atom is 0.408 e. The molecule has 0 aromatic carbocycles. The molecule has 0 aliphatic carbocycles. The van der Waals surface area contributed by atoms with Gasteiger partial charge in [-0.05, 0) is 48.5 Å². The fraction of sp³-hybridized carbons (Fsp3) is 0.667. The van der Waals surface area contributed by atoms with E-state index in [-0.39, 0.29) is 19.8 Å².